The molecule has 0 aromatic heterocycles. The molecule has 2 atom stereocenters. The number of aliphatic carboxylic acids is 1. The van der Waals surface area contributed by atoms with Crippen LogP contribution in [0, 0.1) is 11.3 Å². The van der Waals surface area contributed by atoms with E-state index in [1.807, 2.05) is 0 Å². The van der Waals surface area contributed by atoms with E-state index in [0.717, 1.165) is 12.8 Å². The summed E-state index contributed by atoms with van der Waals surface area (Å²) in [4.78, 5) is 26.1. The van der Waals surface area contributed by atoms with Crippen LogP contribution >= 0.6 is 0 Å². The number of amides is 1. The number of anilines is 1. The van der Waals surface area contributed by atoms with Gasteiger partial charge in [-0.1, -0.05) is 13.3 Å². The predicted octanol–water partition coefficient (Wildman–Crippen LogP) is 2.17. The van der Waals surface area contributed by atoms with Gasteiger partial charge in [0.2, 0.25) is 10.0 Å². The minimum Gasteiger partial charge on any atom is -0.481 e. The summed E-state index contributed by atoms with van der Waals surface area (Å²) < 4.78 is 26.1. The van der Waals surface area contributed by atoms with Gasteiger partial charge in [0.25, 0.3) is 5.91 Å². The third-order valence-corrected chi connectivity index (χ3v) is 6.95. The number of hydrogen-bond acceptors (Lipinski definition) is 4. The Morgan fingerprint density at radius 3 is 2.58 bits per heavy atom. The van der Waals surface area contributed by atoms with Gasteiger partial charge >= 0.3 is 5.97 Å². The van der Waals surface area contributed by atoms with E-state index in [2.05, 4.69) is 4.72 Å². The predicted molar refractivity (Wildman–Crippen MR) is 97.5 cm³/mol. The molecule has 26 heavy (non-hydrogen) atoms. The average molecular weight is 380 g/mol. The van der Waals surface area contributed by atoms with Gasteiger partial charge in [-0.05, 0) is 49.4 Å². The van der Waals surface area contributed by atoms with E-state index < -0.39 is 21.4 Å². The third kappa shape index (κ3) is 3.42. The number of benzene rings is 1. The number of carboxylic acids is 1. The fraction of sp³-hybridized carbons (Fsp3) is 0.556. The first kappa shape index (κ1) is 18.7. The summed E-state index contributed by atoms with van der Waals surface area (Å²) in [7, 11) is -3.37. The van der Waals surface area contributed by atoms with Gasteiger partial charge in [-0.15, -0.1) is 0 Å². The molecule has 1 amide bonds. The van der Waals surface area contributed by atoms with E-state index in [9.17, 15) is 23.1 Å². The van der Waals surface area contributed by atoms with Gasteiger partial charge in [-0.25, -0.2) is 8.42 Å². The van der Waals surface area contributed by atoms with Gasteiger partial charge < -0.3 is 10.0 Å². The molecule has 0 radical (unpaired) electrons. The molecule has 7 nitrogen and oxygen atoms in total. The number of likely N-dealkylation sites (tertiary alicyclic amines) is 1. The van der Waals surface area contributed by atoms with Gasteiger partial charge in [0.15, 0.2) is 0 Å². The molecule has 1 saturated carbocycles. The summed E-state index contributed by atoms with van der Waals surface area (Å²) in [6.07, 6.45) is 2.88. The van der Waals surface area contributed by atoms with E-state index in [0.29, 0.717) is 30.6 Å². The molecule has 0 bridgehead atoms. The second-order valence-electron chi connectivity index (χ2n) is 7.23. The van der Waals surface area contributed by atoms with Crippen molar-refractivity contribution in [2.75, 3.05) is 23.6 Å². The minimum atomic E-state index is -3.37. The molecular formula is C18H24N2O5S. The molecule has 1 heterocycles. The number of rotatable bonds is 6. The smallest absolute Gasteiger partial charge is 0.311 e. The van der Waals surface area contributed by atoms with Crippen molar-refractivity contribution in [3.63, 3.8) is 0 Å². The number of carbonyl (C=O) groups excluding carboxylic acids is 1. The van der Waals surface area contributed by atoms with Gasteiger partial charge in [0.05, 0.1) is 11.2 Å². The van der Waals surface area contributed by atoms with Crippen LogP contribution in [-0.4, -0.2) is 49.1 Å². The highest BCUT2D eigenvalue weighted by Gasteiger charge is 2.55. The van der Waals surface area contributed by atoms with Crippen molar-refractivity contribution in [3.05, 3.63) is 29.8 Å². The third-order valence-electron chi connectivity index (χ3n) is 5.46. The Kier molecular flexibility index (Phi) is 4.96. The molecule has 2 fully saturated rings. The molecule has 1 saturated heterocycles. The maximum absolute atomic E-state index is 12.7. The minimum absolute atomic E-state index is 0.0177. The fourth-order valence-corrected chi connectivity index (χ4v) is 5.29. The van der Waals surface area contributed by atoms with Crippen molar-refractivity contribution in [2.24, 2.45) is 11.3 Å². The zero-order valence-corrected chi connectivity index (χ0v) is 15.6. The number of carbonyl (C=O) groups is 2. The number of carboxylic acid groups (broad SMARTS) is 1. The summed E-state index contributed by atoms with van der Waals surface area (Å²) in [6.45, 7) is 2.50. The van der Waals surface area contributed by atoms with Crippen molar-refractivity contribution in [3.8, 4) is 0 Å². The van der Waals surface area contributed by atoms with Crippen LogP contribution in [0.15, 0.2) is 24.3 Å². The van der Waals surface area contributed by atoms with Crippen LogP contribution in [0.3, 0.4) is 0 Å². The first-order valence-electron chi connectivity index (χ1n) is 8.90. The molecule has 1 aromatic rings. The van der Waals surface area contributed by atoms with Crippen LogP contribution in [0.2, 0.25) is 0 Å². The summed E-state index contributed by atoms with van der Waals surface area (Å²) in [5.41, 5.74) is 0.0463. The molecule has 0 unspecified atom stereocenters. The van der Waals surface area contributed by atoms with Gasteiger partial charge in [0.1, 0.15) is 0 Å². The van der Waals surface area contributed by atoms with E-state index in [1.54, 1.807) is 36.1 Å². The second kappa shape index (κ2) is 6.90. The van der Waals surface area contributed by atoms with Gasteiger partial charge in [0, 0.05) is 24.3 Å². The Balaban J connectivity index is 1.70. The Morgan fingerprint density at radius 1 is 1.31 bits per heavy atom. The summed E-state index contributed by atoms with van der Waals surface area (Å²) in [5.74, 6) is -0.955. The molecule has 0 spiro atoms. The number of fused-ring (bicyclic) bond motifs is 1. The van der Waals surface area contributed by atoms with Gasteiger partial charge in [-0.3, -0.25) is 14.3 Å². The van der Waals surface area contributed by atoms with Crippen LogP contribution in [0.5, 0.6) is 0 Å². The van der Waals surface area contributed by atoms with Crippen molar-refractivity contribution in [1.82, 2.24) is 4.90 Å². The SMILES string of the molecule is CCCS(=O)(=O)Nc1ccc(C(=O)N2C[C@@H]3CCC[C@@]3(C(=O)O)C2)cc1. The van der Waals surface area contributed by atoms with Crippen LogP contribution in [0.4, 0.5) is 5.69 Å². The molecule has 3 rings (SSSR count). The Labute approximate surface area is 153 Å². The summed E-state index contributed by atoms with van der Waals surface area (Å²) in [5, 5.41) is 9.63. The zero-order chi connectivity index (χ0) is 18.9. The fourth-order valence-electron chi connectivity index (χ4n) is 4.16. The lowest BCUT2D eigenvalue weighted by atomic mass is 9.81. The number of hydrogen-bond donors (Lipinski definition) is 2. The lowest BCUT2D eigenvalue weighted by Crippen LogP contribution is -2.37. The Hall–Kier alpha value is -2.09. The highest BCUT2D eigenvalue weighted by atomic mass is 32.2. The largest absolute Gasteiger partial charge is 0.481 e. The second-order valence-corrected chi connectivity index (χ2v) is 9.08. The topological polar surface area (TPSA) is 104 Å². The standard InChI is InChI=1S/C18H24N2O5S/c1-2-10-26(24,25)19-15-7-5-13(6-8-15)16(21)20-11-14-4-3-9-18(14,12-20)17(22)23/h5-8,14,19H,2-4,9-12H2,1H3,(H,22,23)/t14-,18+/m0/s1. The normalized spacial score (nSPS) is 25.1. The van der Waals surface area contributed by atoms with Crippen molar-refractivity contribution in [2.45, 2.75) is 32.6 Å². The number of nitrogens with one attached hydrogen (secondary N) is 1. The molecule has 2 N–H and O–H groups in total. The summed E-state index contributed by atoms with van der Waals surface area (Å²) >= 11 is 0. The summed E-state index contributed by atoms with van der Waals surface area (Å²) in [6, 6.07) is 6.27. The molecule has 8 heteroatoms. The van der Waals surface area contributed by atoms with E-state index in [-0.39, 0.29) is 24.1 Å². The maximum atomic E-state index is 12.7. The van der Waals surface area contributed by atoms with Crippen molar-refractivity contribution < 1.29 is 23.1 Å². The monoisotopic (exact) mass is 380 g/mol. The van der Waals surface area contributed by atoms with Crippen molar-refractivity contribution >= 4 is 27.6 Å². The maximum Gasteiger partial charge on any atom is 0.311 e. The van der Waals surface area contributed by atoms with Crippen molar-refractivity contribution in [1.29, 1.82) is 0 Å². The molecule has 142 valence electrons. The Bertz CT molecular complexity index is 805. The van der Waals surface area contributed by atoms with E-state index in [4.69, 9.17) is 0 Å². The lowest BCUT2D eigenvalue weighted by molar-refractivity contribution is -0.149. The first-order valence-corrected chi connectivity index (χ1v) is 10.6. The van der Waals surface area contributed by atoms with Crippen LogP contribution in [0.25, 0.3) is 0 Å². The highest BCUT2D eigenvalue weighted by molar-refractivity contribution is 7.92. The quantitative estimate of drug-likeness (QED) is 0.787. The lowest BCUT2D eigenvalue weighted by Gasteiger charge is -2.23. The molecule has 1 aromatic carbocycles. The molecule has 2 aliphatic rings. The van der Waals surface area contributed by atoms with Crippen LogP contribution < -0.4 is 4.72 Å². The molecule has 1 aliphatic carbocycles. The number of sulfonamides is 1. The van der Waals surface area contributed by atoms with Crippen LogP contribution in [0.1, 0.15) is 43.0 Å². The van der Waals surface area contributed by atoms with Crippen LogP contribution in [-0.2, 0) is 14.8 Å². The first-order chi connectivity index (χ1) is 12.3. The molecule has 1 aliphatic heterocycles. The van der Waals surface area contributed by atoms with E-state index in [1.165, 1.54) is 0 Å². The number of nitrogens with zero attached hydrogens (tertiary/aromatic N) is 1. The molecular weight excluding hydrogens is 356 g/mol. The zero-order valence-electron chi connectivity index (χ0n) is 14.8. The van der Waals surface area contributed by atoms with E-state index >= 15 is 0 Å². The average Bonchev–Trinajstić information content (AvgIpc) is 3.12. The van der Waals surface area contributed by atoms with Gasteiger partial charge in [-0.2, -0.15) is 0 Å². The Morgan fingerprint density at radius 2 is 2.00 bits per heavy atom. The highest BCUT2D eigenvalue weighted by Crippen LogP contribution is 2.49.